The highest BCUT2D eigenvalue weighted by atomic mass is 16.6. The van der Waals surface area contributed by atoms with Crippen LogP contribution in [0.15, 0.2) is 47.3 Å². The first-order chi connectivity index (χ1) is 25.2. The predicted octanol–water partition coefficient (Wildman–Crippen LogP) is 5.67. The zero-order chi connectivity index (χ0) is 38.3. The summed E-state index contributed by atoms with van der Waals surface area (Å²) >= 11 is 0. The van der Waals surface area contributed by atoms with E-state index in [9.17, 15) is 19.2 Å². The topological polar surface area (TPSA) is 124 Å². The maximum Gasteiger partial charge on any atom is 0.306 e. The van der Waals surface area contributed by atoms with Gasteiger partial charge in [-0.3, -0.25) is 24.1 Å². The molecule has 2 aliphatic rings. The molecule has 2 saturated heterocycles. The minimum absolute atomic E-state index is 0.0113. The van der Waals surface area contributed by atoms with Crippen molar-refractivity contribution in [3.8, 4) is 11.1 Å². The number of carbonyl (C=O) groups is 3. The number of nitrogens with one attached hydrogen (secondary N) is 2. The van der Waals surface area contributed by atoms with E-state index in [0.717, 1.165) is 85.9 Å². The van der Waals surface area contributed by atoms with Gasteiger partial charge >= 0.3 is 5.97 Å². The third kappa shape index (κ3) is 10.6. The molecule has 1 aromatic heterocycles. The second kappa shape index (κ2) is 17.6. The molecular formula is C42H57N5O6. The standard InChI is InChI=1S/C42H57N5O6/c1-8-47(34-15-21-52-22-16-34)37-25-33(24-35(30(37)4)40(50)43-26-36-28(2)23-29(3)44-41(36)51)32-11-9-31(10-12-32)27-45-17-19-46(20-18-45)38(48)13-14-39(49)53-42(5,6)7/h9-12,23-25,34H,8,13-22,26-27H2,1-7H3,(H,43,50)(H,44,51). The zero-order valence-electron chi connectivity index (χ0n) is 32.6. The Morgan fingerprint density at radius 1 is 0.943 bits per heavy atom. The molecule has 286 valence electrons. The first-order valence-electron chi connectivity index (χ1n) is 19.0. The molecule has 0 spiro atoms. The number of amides is 2. The van der Waals surface area contributed by atoms with Crippen LogP contribution in [0.4, 0.5) is 5.69 Å². The molecule has 5 rings (SSSR count). The van der Waals surface area contributed by atoms with Crippen LogP contribution in [0.1, 0.15) is 91.7 Å². The summed E-state index contributed by atoms with van der Waals surface area (Å²) in [5.74, 6) is -0.572. The average Bonchev–Trinajstić information content (AvgIpc) is 3.11. The van der Waals surface area contributed by atoms with Gasteiger partial charge in [-0.1, -0.05) is 24.3 Å². The van der Waals surface area contributed by atoms with Crippen LogP contribution in [0.25, 0.3) is 11.1 Å². The fourth-order valence-corrected chi connectivity index (χ4v) is 7.36. The molecule has 2 aliphatic heterocycles. The Bertz CT molecular complexity index is 1820. The highest BCUT2D eigenvalue weighted by Crippen LogP contribution is 2.34. The molecular weight excluding hydrogens is 670 g/mol. The summed E-state index contributed by atoms with van der Waals surface area (Å²) in [6.45, 7) is 19.3. The molecule has 0 bridgehead atoms. The van der Waals surface area contributed by atoms with Crippen molar-refractivity contribution in [2.45, 2.75) is 98.9 Å². The van der Waals surface area contributed by atoms with Crippen molar-refractivity contribution in [3.63, 3.8) is 0 Å². The molecule has 2 aromatic carbocycles. The summed E-state index contributed by atoms with van der Waals surface area (Å²) in [7, 11) is 0. The summed E-state index contributed by atoms with van der Waals surface area (Å²) in [5, 5.41) is 3.04. The second-order valence-electron chi connectivity index (χ2n) is 15.4. The van der Waals surface area contributed by atoms with Gasteiger partial charge in [0, 0.05) is 94.0 Å². The highest BCUT2D eigenvalue weighted by Gasteiger charge is 2.26. The van der Waals surface area contributed by atoms with Gasteiger partial charge in [-0.2, -0.15) is 0 Å². The lowest BCUT2D eigenvalue weighted by Gasteiger charge is -2.37. The van der Waals surface area contributed by atoms with Gasteiger partial charge in [0.25, 0.3) is 11.5 Å². The Balaban J connectivity index is 1.29. The molecule has 2 N–H and O–H groups in total. The minimum atomic E-state index is -0.557. The normalized spacial score (nSPS) is 15.6. The van der Waals surface area contributed by atoms with Gasteiger partial charge in [0.1, 0.15) is 5.60 Å². The quantitative estimate of drug-likeness (QED) is 0.229. The molecule has 11 heteroatoms. The van der Waals surface area contributed by atoms with E-state index in [1.165, 1.54) is 5.56 Å². The number of benzene rings is 2. The molecule has 0 unspecified atom stereocenters. The van der Waals surface area contributed by atoms with Crippen LogP contribution in [-0.2, 0) is 32.2 Å². The molecule has 2 amide bonds. The van der Waals surface area contributed by atoms with Crippen molar-refractivity contribution in [1.82, 2.24) is 20.1 Å². The van der Waals surface area contributed by atoms with Crippen molar-refractivity contribution < 1.29 is 23.9 Å². The van der Waals surface area contributed by atoms with Crippen molar-refractivity contribution in [3.05, 3.63) is 86.3 Å². The summed E-state index contributed by atoms with van der Waals surface area (Å²) in [6.07, 6.45) is 2.12. The summed E-state index contributed by atoms with van der Waals surface area (Å²) in [4.78, 5) is 60.9. The Morgan fingerprint density at radius 2 is 1.62 bits per heavy atom. The largest absolute Gasteiger partial charge is 0.460 e. The molecule has 0 radical (unpaired) electrons. The number of anilines is 1. The fourth-order valence-electron chi connectivity index (χ4n) is 7.36. The van der Waals surface area contributed by atoms with E-state index < -0.39 is 5.60 Å². The van der Waals surface area contributed by atoms with Crippen molar-refractivity contribution in [1.29, 1.82) is 0 Å². The number of esters is 1. The Morgan fingerprint density at radius 3 is 2.25 bits per heavy atom. The number of ether oxygens (including phenoxy) is 2. The number of hydrogen-bond acceptors (Lipinski definition) is 8. The number of aromatic nitrogens is 1. The molecule has 0 atom stereocenters. The van der Waals surface area contributed by atoms with Gasteiger partial charge in [-0.15, -0.1) is 0 Å². The number of aryl methyl sites for hydroxylation is 2. The van der Waals surface area contributed by atoms with E-state index in [1.807, 2.05) is 58.6 Å². The Labute approximate surface area is 314 Å². The first-order valence-corrected chi connectivity index (χ1v) is 19.0. The molecule has 0 aliphatic carbocycles. The van der Waals surface area contributed by atoms with E-state index in [4.69, 9.17) is 9.47 Å². The maximum absolute atomic E-state index is 13.9. The van der Waals surface area contributed by atoms with E-state index in [0.29, 0.717) is 30.3 Å². The van der Waals surface area contributed by atoms with Crippen LogP contribution in [0.3, 0.4) is 0 Å². The molecule has 53 heavy (non-hydrogen) atoms. The molecule has 3 heterocycles. The van der Waals surface area contributed by atoms with Crippen LogP contribution < -0.4 is 15.8 Å². The monoisotopic (exact) mass is 727 g/mol. The van der Waals surface area contributed by atoms with Crippen LogP contribution in [0, 0.1) is 20.8 Å². The average molecular weight is 728 g/mol. The maximum atomic E-state index is 13.9. The number of piperazine rings is 1. The summed E-state index contributed by atoms with van der Waals surface area (Å²) in [5.41, 5.74) is 7.12. The second-order valence-corrected chi connectivity index (χ2v) is 15.4. The van der Waals surface area contributed by atoms with Crippen LogP contribution in [-0.4, -0.2) is 90.1 Å². The highest BCUT2D eigenvalue weighted by molar-refractivity contribution is 5.99. The lowest BCUT2D eigenvalue weighted by Crippen LogP contribution is -2.48. The van der Waals surface area contributed by atoms with E-state index in [-0.39, 0.29) is 42.7 Å². The van der Waals surface area contributed by atoms with Gasteiger partial charge in [-0.05, 0) is 107 Å². The lowest BCUT2D eigenvalue weighted by atomic mass is 9.94. The van der Waals surface area contributed by atoms with Crippen LogP contribution >= 0.6 is 0 Å². The van der Waals surface area contributed by atoms with Crippen LogP contribution in [0.2, 0.25) is 0 Å². The summed E-state index contributed by atoms with van der Waals surface area (Å²) in [6, 6.07) is 14.9. The van der Waals surface area contributed by atoms with Crippen molar-refractivity contribution >= 4 is 23.5 Å². The van der Waals surface area contributed by atoms with Gasteiger partial charge in [0.2, 0.25) is 5.91 Å². The van der Waals surface area contributed by atoms with E-state index >= 15 is 0 Å². The van der Waals surface area contributed by atoms with Gasteiger partial charge in [-0.25, -0.2) is 0 Å². The number of aromatic amines is 1. The SMILES string of the molecule is CCN(c1cc(-c2ccc(CN3CCN(C(=O)CCC(=O)OC(C)(C)C)CC3)cc2)cc(C(=O)NCc2c(C)cc(C)[nH]c2=O)c1C)C1CCOCC1. The fraction of sp³-hybridized carbons (Fsp3) is 0.524. The Hall–Kier alpha value is -4.48. The minimum Gasteiger partial charge on any atom is -0.460 e. The zero-order valence-corrected chi connectivity index (χ0v) is 32.6. The smallest absolute Gasteiger partial charge is 0.306 e. The van der Waals surface area contributed by atoms with E-state index in [2.05, 4.69) is 57.4 Å². The van der Waals surface area contributed by atoms with Gasteiger partial charge < -0.3 is 29.6 Å². The number of nitrogens with zero attached hydrogens (tertiary/aromatic N) is 3. The Kier molecular flexibility index (Phi) is 13.2. The predicted molar refractivity (Wildman–Crippen MR) is 208 cm³/mol. The van der Waals surface area contributed by atoms with Crippen molar-refractivity contribution in [2.75, 3.05) is 50.8 Å². The molecule has 2 fully saturated rings. The molecule has 11 nitrogen and oxygen atoms in total. The van der Waals surface area contributed by atoms with E-state index in [1.54, 1.807) is 0 Å². The number of carbonyl (C=O) groups excluding carboxylic acids is 3. The number of H-pyrrole nitrogens is 1. The van der Waals surface area contributed by atoms with Gasteiger partial charge in [0.15, 0.2) is 0 Å². The van der Waals surface area contributed by atoms with Crippen molar-refractivity contribution in [2.24, 2.45) is 0 Å². The third-order valence-corrected chi connectivity index (χ3v) is 10.2. The molecule has 0 saturated carbocycles. The van der Waals surface area contributed by atoms with Crippen LogP contribution in [0.5, 0.6) is 0 Å². The third-order valence-electron chi connectivity index (χ3n) is 10.2. The number of rotatable bonds is 12. The number of pyridine rings is 1. The summed E-state index contributed by atoms with van der Waals surface area (Å²) < 4.78 is 11.0. The first kappa shape index (κ1) is 39.7. The lowest BCUT2D eigenvalue weighted by molar-refractivity contribution is -0.156. The molecule has 3 aromatic rings. The number of hydrogen-bond donors (Lipinski definition) is 2. The van der Waals surface area contributed by atoms with Gasteiger partial charge in [0.05, 0.1) is 6.42 Å².